The number of alkyl halides is 1. The van der Waals surface area contributed by atoms with Gasteiger partial charge in [0, 0.05) is 10.9 Å². The quantitative estimate of drug-likeness (QED) is 0.608. The Labute approximate surface area is 70.0 Å². The summed E-state index contributed by atoms with van der Waals surface area (Å²) in [5.74, 6) is 0.146. The first kappa shape index (κ1) is 7.11. The molecule has 1 fully saturated rings. The standard InChI is InChI=1S/C9H8ClF/c10-7-3-1-6(2-4-7)8-5-9(8)11/h1-4,8-9H,5H2. The summed E-state index contributed by atoms with van der Waals surface area (Å²) in [5.41, 5.74) is 1.07. The zero-order valence-corrected chi connectivity index (χ0v) is 6.68. The Morgan fingerprint density at radius 1 is 1.27 bits per heavy atom. The van der Waals surface area contributed by atoms with E-state index in [2.05, 4.69) is 0 Å². The van der Waals surface area contributed by atoms with Gasteiger partial charge in [-0.2, -0.15) is 0 Å². The minimum atomic E-state index is -0.615. The molecule has 0 nitrogen and oxygen atoms in total. The van der Waals surface area contributed by atoms with Gasteiger partial charge in [-0.3, -0.25) is 0 Å². The van der Waals surface area contributed by atoms with Crippen molar-refractivity contribution in [2.45, 2.75) is 18.5 Å². The molecule has 11 heavy (non-hydrogen) atoms. The van der Waals surface area contributed by atoms with Crippen LogP contribution in [0.2, 0.25) is 5.02 Å². The smallest absolute Gasteiger partial charge is 0.108 e. The van der Waals surface area contributed by atoms with Crippen LogP contribution in [0, 0.1) is 0 Å². The summed E-state index contributed by atoms with van der Waals surface area (Å²) >= 11 is 5.68. The van der Waals surface area contributed by atoms with Gasteiger partial charge in [-0.15, -0.1) is 0 Å². The third-order valence-corrected chi connectivity index (χ3v) is 2.26. The average Bonchev–Trinajstić information content (AvgIpc) is 2.69. The highest BCUT2D eigenvalue weighted by Gasteiger charge is 2.38. The lowest BCUT2D eigenvalue weighted by molar-refractivity contribution is 0.468. The minimum absolute atomic E-state index is 0.146. The molecule has 2 heteroatoms. The molecule has 1 aromatic carbocycles. The van der Waals surface area contributed by atoms with Crippen LogP contribution >= 0.6 is 11.6 Å². The van der Waals surface area contributed by atoms with Crippen molar-refractivity contribution < 1.29 is 4.39 Å². The van der Waals surface area contributed by atoms with Gasteiger partial charge in [-0.25, -0.2) is 4.39 Å². The summed E-state index contributed by atoms with van der Waals surface area (Å²) in [6.07, 6.45) is 0.0675. The lowest BCUT2D eigenvalue weighted by Crippen LogP contribution is -1.80. The van der Waals surface area contributed by atoms with Gasteiger partial charge in [0.15, 0.2) is 0 Å². The van der Waals surface area contributed by atoms with Crippen LogP contribution in [0.4, 0.5) is 4.39 Å². The van der Waals surface area contributed by atoms with Crippen molar-refractivity contribution in [3.63, 3.8) is 0 Å². The van der Waals surface area contributed by atoms with Gasteiger partial charge in [0.2, 0.25) is 0 Å². The van der Waals surface area contributed by atoms with E-state index in [4.69, 9.17) is 11.6 Å². The van der Waals surface area contributed by atoms with Gasteiger partial charge in [-0.05, 0) is 24.1 Å². The number of hydrogen-bond donors (Lipinski definition) is 0. The van der Waals surface area contributed by atoms with E-state index in [1.54, 1.807) is 0 Å². The van der Waals surface area contributed by atoms with Gasteiger partial charge in [0.1, 0.15) is 6.17 Å². The van der Waals surface area contributed by atoms with Gasteiger partial charge in [0.05, 0.1) is 0 Å². The fraction of sp³-hybridized carbons (Fsp3) is 0.333. The summed E-state index contributed by atoms with van der Waals surface area (Å²) in [7, 11) is 0. The third kappa shape index (κ3) is 1.38. The summed E-state index contributed by atoms with van der Waals surface area (Å²) in [6.45, 7) is 0. The van der Waals surface area contributed by atoms with Crippen molar-refractivity contribution in [3.05, 3.63) is 34.9 Å². The zero-order chi connectivity index (χ0) is 7.84. The number of halogens is 2. The first-order valence-corrected chi connectivity index (χ1v) is 4.05. The van der Waals surface area contributed by atoms with Crippen LogP contribution < -0.4 is 0 Å². The average molecular weight is 171 g/mol. The van der Waals surface area contributed by atoms with E-state index in [9.17, 15) is 4.39 Å². The van der Waals surface area contributed by atoms with Crippen LogP contribution in [0.15, 0.2) is 24.3 Å². The molecule has 0 heterocycles. The van der Waals surface area contributed by atoms with E-state index in [0.29, 0.717) is 11.4 Å². The fourth-order valence-corrected chi connectivity index (χ4v) is 1.34. The maximum atomic E-state index is 12.5. The van der Waals surface area contributed by atoms with Crippen molar-refractivity contribution in [2.24, 2.45) is 0 Å². The largest absolute Gasteiger partial charge is 0.247 e. The van der Waals surface area contributed by atoms with Crippen molar-refractivity contribution in [3.8, 4) is 0 Å². The van der Waals surface area contributed by atoms with Crippen LogP contribution in [0.3, 0.4) is 0 Å². The maximum Gasteiger partial charge on any atom is 0.108 e. The first-order valence-electron chi connectivity index (χ1n) is 3.67. The molecule has 2 rings (SSSR count). The third-order valence-electron chi connectivity index (χ3n) is 2.01. The molecule has 0 bridgehead atoms. The topological polar surface area (TPSA) is 0 Å². The highest BCUT2D eigenvalue weighted by molar-refractivity contribution is 6.30. The van der Waals surface area contributed by atoms with Gasteiger partial charge in [-0.1, -0.05) is 23.7 Å². The Balaban J connectivity index is 2.21. The monoisotopic (exact) mass is 170 g/mol. The summed E-state index contributed by atoms with van der Waals surface area (Å²) in [4.78, 5) is 0. The molecule has 58 valence electrons. The lowest BCUT2D eigenvalue weighted by atomic mass is 10.1. The van der Waals surface area contributed by atoms with Crippen molar-refractivity contribution in [1.29, 1.82) is 0 Å². The summed E-state index contributed by atoms with van der Waals surface area (Å²) < 4.78 is 12.5. The van der Waals surface area contributed by atoms with E-state index in [-0.39, 0.29) is 5.92 Å². The van der Waals surface area contributed by atoms with Crippen LogP contribution in [0.5, 0.6) is 0 Å². The van der Waals surface area contributed by atoms with Crippen molar-refractivity contribution >= 4 is 11.6 Å². The fourth-order valence-electron chi connectivity index (χ4n) is 1.22. The van der Waals surface area contributed by atoms with Gasteiger partial charge in [0.25, 0.3) is 0 Å². The minimum Gasteiger partial charge on any atom is -0.247 e. The highest BCUT2D eigenvalue weighted by atomic mass is 35.5. The number of hydrogen-bond acceptors (Lipinski definition) is 0. The number of rotatable bonds is 1. The molecule has 1 aromatic rings. The molecule has 1 aliphatic rings. The molecule has 2 unspecified atom stereocenters. The molecule has 0 spiro atoms. The molecular formula is C9H8ClF. The van der Waals surface area contributed by atoms with E-state index in [1.165, 1.54) is 0 Å². The zero-order valence-electron chi connectivity index (χ0n) is 5.93. The highest BCUT2D eigenvalue weighted by Crippen LogP contribution is 2.43. The predicted molar refractivity (Wildman–Crippen MR) is 43.7 cm³/mol. The van der Waals surface area contributed by atoms with Crippen LogP contribution in [-0.2, 0) is 0 Å². The Morgan fingerprint density at radius 2 is 1.82 bits per heavy atom. The van der Waals surface area contributed by atoms with E-state index >= 15 is 0 Å². The van der Waals surface area contributed by atoms with Gasteiger partial charge >= 0.3 is 0 Å². The molecule has 1 aliphatic carbocycles. The summed E-state index contributed by atoms with van der Waals surface area (Å²) in [5, 5.41) is 0.713. The molecule has 1 saturated carbocycles. The van der Waals surface area contributed by atoms with Crippen LogP contribution in [-0.4, -0.2) is 6.17 Å². The van der Waals surface area contributed by atoms with Crippen molar-refractivity contribution in [1.82, 2.24) is 0 Å². The second-order valence-corrected chi connectivity index (χ2v) is 3.35. The molecular weight excluding hydrogens is 163 g/mol. The Bertz CT molecular complexity index is 255. The number of benzene rings is 1. The molecule has 0 amide bonds. The van der Waals surface area contributed by atoms with E-state index < -0.39 is 6.17 Å². The van der Waals surface area contributed by atoms with Gasteiger partial charge < -0.3 is 0 Å². The molecule has 0 radical (unpaired) electrons. The lowest BCUT2D eigenvalue weighted by Gasteiger charge is -1.95. The molecule has 0 N–H and O–H groups in total. The Kier molecular flexibility index (Phi) is 1.61. The normalized spacial score (nSPS) is 28.5. The van der Waals surface area contributed by atoms with Crippen LogP contribution in [0.1, 0.15) is 17.9 Å². The maximum absolute atomic E-state index is 12.5. The first-order chi connectivity index (χ1) is 5.27. The molecule has 0 aliphatic heterocycles. The Morgan fingerprint density at radius 3 is 2.27 bits per heavy atom. The molecule has 2 atom stereocenters. The van der Waals surface area contributed by atoms with Crippen molar-refractivity contribution in [2.75, 3.05) is 0 Å². The van der Waals surface area contributed by atoms with Crippen LogP contribution in [0.25, 0.3) is 0 Å². The second-order valence-electron chi connectivity index (χ2n) is 2.91. The van der Waals surface area contributed by atoms with E-state index in [1.807, 2.05) is 24.3 Å². The molecule has 0 saturated heterocycles. The van der Waals surface area contributed by atoms with E-state index in [0.717, 1.165) is 5.56 Å². The SMILES string of the molecule is FC1CC1c1ccc(Cl)cc1. The Hall–Kier alpha value is -0.560. The second kappa shape index (κ2) is 2.49. The summed E-state index contributed by atoms with van der Waals surface area (Å²) in [6, 6.07) is 7.41. The molecule has 0 aromatic heterocycles. The predicted octanol–water partition coefficient (Wildman–Crippen LogP) is 3.17.